The highest BCUT2D eigenvalue weighted by atomic mass is 28.3. The second kappa shape index (κ2) is 11.2. The van der Waals surface area contributed by atoms with Gasteiger partial charge in [0.1, 0.15) is 0 Å². The fraction of sp³-hybridized carbons (Fsp3) is 0.103. The molecule has 1 aromatic heterocycles. The first kappa shape index (κ1) is 26.7. The van der Waals surface area contributed by atoms with E-state index in [1.165, 1.54) is 55.3 Å². The number of benzene rings is 5. The summed E-state index contributed by atoms with van der Waals surface area (Å²) >= 11 is 0. The third kappa shape index (κ3) is 5.57. The van der Waals surface area contributed by atoms with E-state index >= 15 is 0 Å². The van der Waals surface area contributed by atoms with Crippen LogP contribution in [0.2, 0.25) is 19.6 Å². The maximum atomic E-state index is 4.53. The van der Waals surface area contributed by atoms with E-state index in [1.807, 2.05) is 18.3 Å². The number of nitrogens with zero attached hydrogens (tertiary/aromatic N) is 1. The van der Waals surface area contributed by atoms with Gasteiger partial charge in [0.15, 0.2) is 0 Å². The van der Waals surface area contributed by atoms with E-state index in [-0.39, 0.29) is 0 Å². The number of pyridine rings is 1. The normalized spacial score (nSPS) is 11.4. The van der Waals surface area contributed by atoms with Crippen molar-refractivity contribution in [3.63, 3.8) is 0 Å². The summed E-state index contributed by atoms with van der Waals surface area (Å²) in [4.78, 5) is 4.53. The quantitative estimate of drug-likeness (QED) is 0.190. The van der Waals surface area contributed by atoms with Crippen LogP contribution in [0.5, 0.6) is 0 Å². The summed E-state index contributed by atoms with van der Waals surface area (Å²) in [5.41, 5.74) is 13.4. The summed E-state index contributed by atoms with van der Waals surface area (Å²) in [6, 6.07) is 48.4. The first-order valence-electron chi connectivity index (χ1n) is 14.3. The van der Waals surface area contributed by atoms with Gasteiger partial charge in [0.05, 0.1) is 13.8 Å². The van der Waals surface area contributed by atoms with Gasteiger partial charge in [0, 0.05) is 11.8 Å². The van der Waals surface area contributed by atoms with E-state index in [1.54, 1.807) is 0 Å². The highest BCUT2D eigenvalue weighted by Gasteiger charge is 2.21. The van der Waals surface area contributed by atoms with Gasteiger partial charge >= 0.3 is 0 Å². The van der Waals surface area contributed by atoms with Crippen molar-refractivity contribution in [2.45, 2.75) is 26.6 Å². The van der Waals surface area contributed by atoms with Gasteiger partial charge in [-0.2, -0.15) is 0 Å². The lowest BCUT2D eigenvalue weighted by Crippen LogP contribution is -2.38. The largest absolute Gasteiger partial charge is 0.256 e. The van der Waals surface area contributed by atoms with Crippen molar-refractivity contribution in [1.82, 2.24) is 4.98 Å². The molecule has 0 saturated heterocycles. The first-order valence-corrected chi connectivity index (χ1v) is 17.8. The van der Waals surface area contributed by atoms with Crippen molar-refractivity contribution in [1.29, 1.82) is 0 Å². The zero-order valence-corrected chi connectivity index (χ0v) is 25.2. The standard InChI is InChI=1S/C39H35NSi/c1-28-13-5-6-14-34(28)31-25-32(27-33(26-31)37-17-9-10-19-39(37)41(2,3)4)36-16-8-7-15-35(36)29-20-22-30(23-21-29)38-18-11-12-24-40-38/h5-27H,1-4H3. The Morgan fingerprint density at radius 1 is 0.439 bits per heavy atom. The molecular formula is C39H35NSi. The third-order valence-corrected chi connectivity index (χ3v) is 9.88. The first-order chi connectivity index (χ1) is 19.9. The second-order valence-electron chi connectivity index (χ2n) is 11.7. The zero-order chi connectivity index (χ0) is 28.4. The highest BCUT2D eigenvalue weighted by molar-refractivity contribution is 6.89. The molecule has 0 aliphatic carbocycles. The molecule has 6 aromatic rings. The summed E-state index contributed by atoms with van der Waals surface area (Å²) in [5, 5.41) is 1.49. The molecule has 200 valence electrons. The average molecular weight is 546 g/mol. The smallest absolute Gasteiger partial charge is 0.0784 e. The van der Waals surface area contributed by atoms with E-state index in [2.05, 4.69) is 153 Å². The molecule has 0 saturated carbocycles. The van der Waals surface area contributed by atoms with Gasteiger partial charge in [-0.25, -0.2) is 0 Å². The third-order valence-electron chi connectivity index (χ3n) is 7.83. The summed E-state index contributed by atoms with van der Waals surface area (Å²) in [6.07, 6.45) is 1.85. The number of hydrogen-bond donors (Lipinski definition) is 0. The summed E-state index contributed by atoms with van der Waals surface area (Å²) in [6.45, 7) is 9.50. The Morgan fingerprint density at radius 3 is 1.54 bits per heavy atom. The van der Waals surface area contributed by atoms with Crippen LogP contribution in [0.4, 0.5) is 0 Å². The molecule has 0 aliphatic heterocycles. The van der Waals surface area contributed by atoms with Crippen LogP contribution in [-0.4, -0.2) is 13.1 Å². The molecule has 0 N–H and O–H groups in total. The van der Waals surface area contributed by atoms with Gasteiger partial charge < -0.3 is 0 Å². The van der Waals surface area contributed by atoms with E-state index in [0.29, 0.717) is 0 Å². The van der Waals surface area contributed by atoms with Gasteiger partial charge in [-0.1, -0.05) is 128 Å². The van der Waals surface area contributed by atoms with Gasteiger partial charge in [-0.3, -0.25) is 4.98 Å². The Labute approximate surface area is 245 Å². The molecule has 0 radical (unpaired) electrons. The van der Waals surface area contributed by atoms with Crippen LogP contribution < -0.4 is 5.19 Å². The number of aryl methyl sites for hydroxylation is 1. The maximum Gasteiger partial charge on any atom is 0.0784 e. The van der Waals surface area contributed by atoms with Crippen molar-refractivity contribution in [3.05, 3.63) is 145 Å². The number of hydrogen-bond acceptors (Lipinski definition) is 1. The van der Waals surface area contributed by atoms with Crippen LogP contribution in [-0.2, 0) is 0 Å². The minimum atomic E-state index is -1.57. The number of rotatable bonds is 6. The second-order valence-corrected chi connectivity index (χ2v) is 16.8. The molecule has 0 bridgehead atoms. The monoisotopic (exact) mass is 545 g/mol. The number of aromatic nitrogens is 1. The predicted octanol–water partition coefficient (Wildman–Crippen LogP) is 10.3. The minimum absolute atomic E-state index is 0.990. The summed E-state index contributed by atoms with van der Waals surface area (Å²) < 4.78 is 0. The topological polar surface area (TPSA) is 12.9 Å². The van der Waals surface area contributed by atoms with Crippen LogP contribution in [0.3, 0.4) is 0 Å². The SMILES string of the molecule is Cc1ccccc1-c1cc(-c2ccccc2-c2ccc(-c3ccccn3)cc2)cc(-c2ccccc2[Si](C)(C)C)c1. The summed E-state index contributed by atoms with van der Waals surface area (Å²) in [7, 11) is -1.57. The molecule has 0 unspecified atom stereocenters. The molecule has 2 heteroatoms. The van der Waals surface area contributed by atoms with E-state index < -0.39 is 8.07 Å². The van der Waals surface area contributed by atoms with Crippen molar-refractivity contribution in [2.24, 2.45) is 0 Å². The average Bonchev–Trinajstić information content (AvgIpc) is 3.01. The molecule has 5 aromatic carbocycles. The Kier molecular flexibility index (Phi) is 7.26. The lowest BCUT2D eigenvalue weighted by molar-refractivity contribution is 1.33. The molecule has 0 aliphatic rings. The molecule has 0 spiro atoms. The maximum absolute atomic E-state index is 4.53. The molecule has 0 amide bonds. The molecule has 1 nitrogen and oxygen atoms in total. The lowest BCUT2D eigenvalue weighted by Gasteiger charge is -2.22. The van der Waals surface area contributed by atoms with E-state index in [0.717, 1.165) is 11.3 Å². The Balaban J connectivity index is 1.53. The van der Waals surface area contributed by atoms with Crippen molar-refractivity contribution in [2.75, 3.05) is 0 Å². The molecule has 0 atom stereocenters. The van der Waals surface area contributed by atoms with Crippen LogP contribution in [0.1, 0.15) is 5.56 Å². The van der Waals surface area contributed by atoms with Crippen molar-refractivity contribution in [3.8, 4) is 55.8 Å². The molecule has 1 heterocycles. The predicted molar refractivity (Wildman–Crippen MR) is 179 cm³/mol. The Morgan fingerprint density at radius 2 is 0.927 bits per heavy atom. The lowest BCUT2D eigenvalue weighted by atomic mass is 9.88. The fourth-order valence-corrected chi connectivity index (χ4v) is 7.35. The fourth-order valence-electron chi connectivity index (χ4n) is 5.72. The molecular weight excluding hydrogens is 511 g/mol. The van der Waals surface area contributed by atoms with E-state index in [4.69, 9.17) is 0 Å². The highest BCUT2D eigenvalue weighted by Crippen LogP contribution is 2.38. The van der Waals surface area contributed by atoms with Gasteiger partial charge in [0.2, 0.25) is 0 Å². The van der Waals surface area contributed by atoms with Crippen molar-refractivity contribution < 1.29 is 0 Å². The van der Waals surface area contributed by atoms with Crippen molar-refractivity contribution >= 4 is 13.3 Å². The molecule has 41 heavy (non-hydrogen) atoms. The van der Waals surface area contributed by atoms with Gasteiger partial charge in [-0.05, 0) is 87.3 Å². The van der Waals surface area contributed by atoms with Crippen LogP contribution >= 0.6 is 0 Å². The zero-order valence-electron chi connectivity index (χ0n) is 24.2. The molecule has 6 rings (SSSR count). The Bertz CT molecular complexity index is 1810. The Hall–Kier alpha value is -4.53. The van der Waals surface area contributed by atoms with Crippen LogP contribution in [0, 0.1) is 6.92 Å². The van der Waals surface area contributed by atoms with Crippen LogP contribution in [0.15, 0.2) is 140 Å². The molecule has 0 fully saturated rings. The summed E-state index contributed by atoms with van der Waals surface area (Å²) in [5.74, 6) is 0. The van der Waals surface area contributed by atoms with Gasteiger partial charge in [-0.15, -0.1) is 0 Å². The van der Waals surface area contributed by atoms with Crippen LogP contribution in [0.25, 0.3) is 55.8 Å². The van der Waals surface area contributed by atoms with Gasteiger partial charge in [0.25, 0.3) is 0 Å². The van der Waals surface area contributed by atoms with E-state index in [9.17, 15) is 0 Å². The minimum Gasteiger partial charge on any atom is -0.256 e.